The van der Waals surface area contributed by atoms with Crippen LogP contribution >= 0.6 is 0 Å². The quantitative estimate of drug-likeness (QED) is 0.798. The molecule has 1 aromatic heterocycles. The maximum absolute atomic E-state index is 12.4. The number of aromatic nitrogens is 2. The third kappa shape index (κ3) is 5.57. The number of anilines is 1. The number of nitrogens with zero attached hydrogens (tertiary/aromatic N) is 4. The summed E-state index contributed by atoms with van der Waals surface area (Å²) in [4.78, 5) is 27.8. The van der Waals surface area contributed by atoms with Crippen molar-refractivity contribution in [3.8, 4) is 0 Å². The molecule has 8 nitrogen and oxygen atoms in total. The molecule has 1 aliphatic rings. The zero-order chi connectivity index (χ0) is 18.9. The number of ether oxygens (including phenoxy) is 1. The molecule has 2 heterocycles. The molecular formula is C18H29N5O3. The van der Waals surface area contributed by atoms with Crippen LogP contribution < -0.4 is 10.2 Å². The lowest BCUT2D eigenvalue weighted by Gasteiger charge is -2.31. The van der Waals surface area contributed by atoms with E-state index >= 15 is 0 Å². The first kappa shape index (κ1) is 19.9. The lowest BCUT2D eigenvalue weighted by molar-refractivity contribution is 0.0856. The molecule has 1 saturated heterocycles. The van der Waals surface area contributed by atoms with Crippen molar-refractivity contribution in [1.29, 1.82) is 0 Å². The second-order valence-electron chi connectivity index (χ2n) is 6.49. The van der Waals surface area contributed by atoms with Crippen LogP contribution in [0.25, 0.3) is 0 Å². The van der Waals surface area contributed by atoms with E-state index in [4.69, 9.17) is 4.74 Å². The van der Waals surface area contributed by atoms with Crippen LogP contribution in [0.5, 0.6) is 0 Å². The Balaban J connectivity index is 1.82. The van der Waals surface area contributed by atoms with Crippen LogP contribution in [0.15, 0.2) is 12.1 Å². The lowest BCUT2D eigenvalue weighted by atomic mass is 10.1. The predicted octanol–water partition coefficient (Wildman–Crippen LogP) is 2.06. The number of carbonyl (C=O) groups is 2. The molecule has 0 spiro atoms. The molecule has 0 radical (unpaired) electrons. The number of unbranched alkanes of at least 4 members (excludes halogenated alkanes) is 1. The van der Waals surface area contributed by atoms with Crippen LogP contribution in [0, 0.1) is 0 Å². The molecule has 8 heteroatoms. The molecule has 1 aliphatic heterocycles. The Morgan fingerprint density at radius 2 is 2.00 bits per heavy atom. The van der Waals surface area contributed by atoms with Crippen molar-refractivity contribution < 1.29 is 14.3 Å². The van der Waals surface area contributed by atoms with E-state index in [1.165, 1.54) is 0 Å². The van der Waals surface area contributed by atoms with E-state index in [1.54, 1.807) is 17.9 Å². The highest BCUT2D eigenvalue weighted by molar-refractivity contribution is 5.92. The summed E-state index contributed by atoms with van der Waals surface area (Å²) in [6.07, 6.45) is 3.33. The summed E-state index contributed by atoms with van der Waals surface area (Å²) >= 11 is 0. The van der Waals surface area contributed by atoms with E-state index in [0.29, 0.717) is 38.2 Å². The van der Waals surface area contributed by atoms with Crippen LogP contribution in [0.4, 0.5) is 10.6 Å². The molecule has 0 unspecified atom stereocenters. The van der Waals surface area contributed by atoms with Gasteiger partial charge in [0.25, 0.3) is 5.91 Å². The number of hydrogen-bond donors (Lipinski definition) is 1. The highest BCUT2D eigenvalue weighted by Gasteiger charge is 2.25. The fourth-order valence-corrected chi connectivity index (χ4v) is 2.84. The standard InChI is InChI=1S/C18H29N5O3/c1-4-6-11-22(3)16-8-7-15(20-21-16)17(24)19-14-9-12-23(13-10-14)18(25)26-5-2/h7-8,14H,4-6,9-13H2,1-3H3,(H,19,24). The zero-order valence-corrected chi connectivity index (χ0v) is 15.9. The van der Waals surface area contributed by atoms with Gasteiger partial charge in [0, 0.05) is 32.7 Å². The minimum Gasteiger partial charge on any atom is -0.450 e. The fourth-order valence-electron chi connectivity index (χ4n) is 2.84. The largest absolute Gasteiger partial charge is 0.450 e. The van der Waals surface area contributed by atoms with Gasteiger partial charge in [-0.2, -0.15) is 0 Å². The minimum absolute atomic E-state index is 0.0295. The van der Waals surface area contributed by atoms with Crippen LogP contribution in [-0.4, -0.2) is 66.4 Å². The smallest absolute Gasteiger partial charge is 0.409 e. The van der Waals surface area contributed by atoms with Crippen molar-refractivity contribution >= 4 is 17.8 Å². The Kier molecular flexibility index (Phi) is 7.62. The van der Waals surface area contributed by atoms with E-state index in [2.05, 4.69) is 22.4 Å². The van der Waals surface area contributed by atoms with Gasteiger partial charge in [-0.3, -0.25) is 4.79 Å². The second-order valence-corrected chi connectivity index (χ2v) is 6.49. The molecule has 0 saturated carbocycles. The van der Waals surface area contributed by atoms with Gasteiger partial charge in [-0.1, -0.05) is 13.3 Å². The molecule has 144 valence electrons. The highest BCUT2D eigenvalue weighted by Crippen LogP contribution is 2.13. The highest BCUT2D eigenvalue weighted by atomic mass is 16.6. The molecule has 1 fully saturated rings. The predicted molar refractivity (Wildman–Crippen MR) is 99.3 cm³/mol. The van der Waals surface area contributed by atoms with Crippen LogP contribution in [0.1, 0.15) is 50.0 Å². The molecule has 2 rings (SSSR count). The van der Waals surface area contributed by atoms with Crippen molar-refractivity contribution in [3.63, 3.8) is 0 Å². The summed E-state index contributed by atoms with van der Waals surface area (Å²) in [5, 5.41) is 11.2. The third-order valence-corrected chi connectivity index (χ3v) is 4.48. The Morgan fingerprint density at radius 1 is 1.27 bits per heavy atom. The molecule has 1 N–H and O–H groups in total. The molecule has 2 amide bonds. The van der Waals surface area contributed by atoms with Crippen molar-refractivity contribution in [3.05, 3.63) is 17.8 Å². The van der Waals surface area contributed by atoms with E-state index < -0.39 is 0 Å². The lowest BCUT2D eigenvalue weighted by Crippen LogP contribution is -2.46. The number of nitrogens with one attached hydrogen (secondary N) is 1. The minimum atomic E-state index is -0.286. The average molecular weight is 363 g/mol. The normalized spacial score (nSPS) is 14.8. The summed E-state index contributed by atoms with van der Waals surface area (Å²) in [5.41, 5.74) is 0.311. The number of rotatable bonds is 7. The van der Waals surface area contributed by atoms with Crippen molar-refractivity contribution in [2.24, 2.45) is 0 Å². The summed E-state index contributed by atoms with van der Waals surface area (Å²) in [5.74, 6) is 0.535. The fraction of sp³-hybridized carbons (Fsp3) is 0.667. The Morgan fingerprint density at radius 3 is 2.58 bits per heavy atom. The number of amides is 2. The second kappa shape index (κ2) is 9.94. The van der Waals surface area contributed by atoms with E-state index in [1.807, 2.05) is 18.0 Å². The van der Waals surface area contributed by atoms with Gasteiger partial charge < -0.3 is 19.9 Å². The summed E-state index contributed by atoms with van der Waals surface area (Å²) in [6.45, 7) is 6.38. The maximum Gasteiger partial charge on any atom is 0.409 e. The molecule has 1 aromatic rings. The Hall–Kier alpha value is -2.38. The first-order chi connectivity index (χ1) is 12.5. The molecular weight excluding hydrogens is 334 g/mol. The van der Waals surface area contributed by atoms with Gasteiger partial charge in [0.1, 0.15) is 0 Å². The van der Waals surface area contributed by atoms with E-state index in [9.17, 15) is 9.59 Å². The van der Waals surface area contributed by atoms with E-state index in [-0.39, 0.29) is 18.0 Å². The number of carbonyl (C=O) groups excluding carboxylic acids is 2. The molecule has 0 aliphatic carbocycles. The first-order valence-corrected chi connectivity index (χ1v) is 9.32. The number of piperidine rings is 1. The zero-order valence-electron chi connectivity index (χ0n) is 15.9. The Bertz CT molecular complexity index is 585. The van der Waals surface area contributed by atoms with Gasteiger partial charge in [-0.25, -0.2) is 4.79 Å². The number of hydrogen-bond acceptors (Lipinski definition) is 6. The first-order valence-electron chi connectivity index (χ1n) is 9.32. The van der Waals surface area contributed by atoms with Gasteiger partial charge in [-0.05, 0) is 38.3 Å². The van der Waals surface area contributed by atoms with Crippen LogP contribution in [0.2, 0.25) is 0 Å². The summed E-state index contributed by atoms with van der Waals surface area (Å²) in [6, 6.07) is 3.55. The number of likely N-dealkylation sites (tertiary alicyclic amines) is 1. The van der Waals surface area contributed by atoms with Crippen molar-refractivity contribution in [2.75, 3.05) is 38.2 Å². The van der Waals surface area contributed by atoms with E-state index in [0.717, 1.165) is 25.2 Å². The van der Waals surface area contributed by atoms with Crippen molar-refractivity contribution in [1.82, 2.24) is 20.4 Å². The van der Waals surface area contributed by atoms with Gasteiger partial charge in [0.15, 0.2) is 11.5 Å². The molecule has 0 atom stereocenters. The van der Waals surface area contributed by atoms with Gasteiger partial charge in [0.05, 0.1) is 6.61 Å². The van der Waals surface area contributed by atoms with Crippen LogP contribution in [-0.2, 0) is 4.74 Å². The third-order valence-electron chi connectivity index (χ3n) is 4.48. The van der Waals surface area contributed by atoms with Gasteiger partial charge in [-0.15, -0.1) is 10.2 Å². The molecule has 0 bridgehead atoms. The van der Waals surface area contributed by atoms with Crippen molar-refractivity contribution in [2.45, 2.75) is 45.6 Å². The summed E-state index contributed by atoms with van der Waals surface area (Å²) in [7, 11) is 1.97. The topological polar surface area (TPSA) is 87.7 Å². The van der Waals surface area contributed by atoms with Crippen LogP contribution in [0.3, 0.4) is 0 Å². The molecule has 0 aromatic carbocycles. The monoisotopic (exact) mass is 363 g/mol. The van der Waals surface area contributed by atoms with Gasteiger partial charge >= 0.3 is 6.09 Å². The average Bonchev–Trinajstić information content (AvgIpc) is 2.67. The van der Waals surface area contributed by atoms with Gasteiger partial charge in [0.2, 0.25) is 0 Å². The SMILES string of the molecule is CCCCN(C)c1ccc(C(=O)NC2CCN(C(=O)OCC)CC2)nn1. The maximum atomic E-state index is 12.4. The molecule has 26 heavy (non-hydrogen) atoms. The Labute approximate surface area is 154 Å². The summed E-state index contributed by atoms with van der Waals surface area (Å²) < 4.78 is 5.00.